The number of hydrogen-bond acceptors (Lipinski definition) is 5. The van der Waals surface area contributed by atoms with Gasteiger partial charge in [0.25, 0.3) is 0 Å². The highest BCUT2D eigenvalue weighted by molar-refractivity contribution is 7.99. The molecular formula is C19H23N3O4S. The molecule has 2 N–H and O–H groups in total. The van der Waals surface area contributed by atoms with Crippen LogP contribution in [-0.2, 0) is 32.0 Å². The lowest BCUT2D eigenvalue weighted by Gasteiger charge is -2.26. The predicted octanol–water partition coefficient (Wildman–Crippen LogP) is 1.10. The van der Waals surface area contributed by atoms with Crippen molar-refractivity contribution in [1.29, 1.82) is 0 Å². The predicted molar refractivity (Wildman–Crippen MR) is 104 cm³/mol. The Balaban J connectivity index is 1.41. The van der Waals surface area contributed by atoms with Gasteiger partial charge >= 0.3 is 11.8 Å². The van der Waals surface area contributed by atoms with Crippen molar-refractivity contribution in [3.8, 4) is 0 Å². The summed E-state index contributed by atoms with van der Waals surface area (Å²) in [6.45, 7) is 1.02. The fraction of sp³-hybridized carbons (Fsp3) is 0.526. The van der Waals surface area contributed by atoms with Crippen LogP contribution in [0, 0.1) is 0 Å². The first-order chi connectivity index (χ1) is 13.0. The third kappa shape index (κ3) is 3.43. The fourth-order valence-electron chi connectivity index (χ4n) is 4.00. The molecule has 8 heteroatoms. The van der Waals surface area contributed by atoms with Crippen LogP contribution in [0.15, 0.2) is 12.1 Å². The largest absolute Gasteiger partial charge is 0.376 e. The van der Waals surface area contributed by atoms with E-state index < -0.39 is 11.8 Å². The molecule has 7 nitrogen and oxygen atoms in total. The smallest absolute Gasteiger partial charge is 0.313 e. The SMILES string of the molecule is COC1(CNC(=O)C(=O)Nc2cc3c4c(c2)CCN4C(=O)CC3)CCSC1. The highest BCUT2D eigenvalue weighted by Crippen LogP contribution is 2.38. The number of carbonyl (C=O) groups excluding carboxylic acids is 3. The molecule has 3 heterocycles. The van der Waals surface area contributed by atoms with E-state index in [2.05, 4.69) is 10.6 Å². The number of amides is 3. The number of nitrogens with one attached hydrogen (secondary N) is 2. The molecule has 3 aliphatic rings. The number of rotatable bonds is 4. The van der Waals surface area contributed by atoms with Crippen LogP contribution in [0.3, 0.4) is 0 Å². The minimum Gasteiger partial charge on any atom is -0.376 e. The Bertz CT molecular complexity index is 804. The molecule has 1 fully saturated rings. The van der Waals surface area contributed by atoms with Gasteiger partial charge in [0.15, 0.2) is 0 Å². The van der Waals surface area contributed by atoms with Gasteiger partial charge in [-0.05, 0) is 48.3 Å². The molecule has 0 aliphatic carbocycles. The second-order valence-corrected chi connectivity index (χ2v) is 8.37. The van der Waals surface area contributed by atoms with Crippen LogP contribution in [-0.4, -0.2) is 55.0 Å². The Labute approximate surface area is 162 Å². The van der Waals surface area contributed by atoms with Crippen molar-refractivity contribution < 1.29 is 19.1 Å². The molecule has 0 bridgehead atoms. The van der Waals surface area contributed by atoms with Crippen molar-refractivity contribution in [2.24, 2.45) is 0 Å². The van der Waals surface area contributed by atoms with Crippen LogP contribution in [0.2, 0.25) is 0 Å². The van der Waals surface area contributed by atoms with Crippen LogP contribution < -0.4 is 15.5 Å². The molecule has 144 valence electrons. The monoisotopic (exact) mass is 389 g/mol. The first kappa shape index (κ1) is 18.3. The molecule has 1 aromatic carbocycles. The van der Waals surface area contributed by atoms with Crippen LogP contribution in [0.4, 0.5) is 11.4 Å². The molecule has 27 heavy (non-hydrogen) atoms. The lowest BCUT2D eigenvalue weighted by atomic mass is 9.98. The Hall–Kier alpha value is -2.06. The summed E-state index contributed by atoms with van der Waals surface area (Å²) in [4.78, 5) is 38.4. The van der Waals surface area contributed by atoms with Gasteiger partial charge < -0.3 is 20.3 Å². The van der Waals surface area contributed by atoms with Crippen molar-refractivity contribution in [1.82, 2.24) is 5.32 Å². The van der Waals surface area contributed by atoms with Crippen LogP contribution in [0.25, 0.3) is 0 Å². The van der Waals surface area contributed by atoms with Crippen molar-refractivity contribution in [2.45, 2.75) is 31.3 Å². The molecular weight excluding hydrogens is 366 g/mol. The third-order valence-electron chi connectivity index (χ3n) is 5.59. The molecule has 0 radical (unpaired) electrons. The number of anilines is 2. The van der Waals surface area contributed by atoms with Gasteiger partial charge in [-0.1, -0.05) is 0 Å². The lowest BCUT2D eigenvalue weighted by Crippen LogP contribution is -2.47. The van der Waals surface area contributed by atoms with Crippen molar-refractivity contribution in [3.05, 3.63) is 23.3 Å². The van der Waals surface area contributed by atoms with E-state index in [0.29, 0.717) is 31.6 Å². The number of aryl methyl sites for hydroxylation is 1. The molecule has 0 aromatic heterocycles. The summed E-state index contributed by atoms with van der Waals surface area (Å²) >= 11 is 1.78. The molecule has 1 aromatic rings. The summed E-state index contributed by atoms with van der Waals surface area (Å²) in [6.07, 6.45) is 2.79. The number of benzene rings is 1. The number of thioether (sulfide) groups is 1. The zero-order valence-electron chi connectivity index (χ0n) is 15.3. The maximum Gasteiger partial charge on any atom is 0.313 e. The second kappa shape index (κ2) is 7.16. The minimum atomic E-state index is -0.680. The van der Waals surface area contributed by atoms with E-state index in [1.54, 1.807) is 18.9 Å². The molecule has 4 rings (SSSR count). The number of methoxy groups -OCH3 is 1. The van der Waals surface area contributed by atoms with Gasteiger partial charge in [-0.15, -0.1) is 0 Å². The molecule has 1 saturated heterocycles. The van der Waals surface area contributed by atoms with Gasteiger partial charge in [0.05, 0.1) is 11.3 Å². The average molecular weight is 389 g/mol. The summed E-state index contributed by atoms with van der Waals surface area (Å²) < 4.78 is 5.55. The van der Waals surface area contributed by atoms with E-state index in [9.17, 15) is 14.4 Å². The minimum absolute atomic E-state index is 0.162. The summed E-state index contributed by atoms with van der Waals surface area (Å²) in [5, 5.41) is 5.40. The summed E-state index contributed by atoms with van der Waals surface area (Å²) in [6, 6.07) is 3.74. The molecule has 3 aliphatic heterocycles. The Morgan fingerprint density at radius 3 is 2.70 bits per heavy atom. The Morgan fingerprint density at radius 1 is 1.22 bits per heavy atom. The number of nitrogens with zero attached hydrogens (tertiary/aromatic N) is 1. The highest BCUT2D eigenvalue weighted by Gasteiger charge is 2.35. The van der Waals surface area contributed by atoms with E-state index in [0.717, 1.165) is 41.2 Å². The maximum atomic E-state index is 12.3. The van der Waals surface area contributed by atoms with Gasteiger partial charge in [-0.25, -0.2) is 0 Å². The molecule has 1 atom stereocenters. The summed E-state index contributed by atoms with van der Waals surface area (Å²) in [7, 11) is 1.64. The Kier molecular flexibility index (Phi) is 4.86. The third-order valence-corrected chi connectivity index (χ3v) is 6.81. The zero-order valence-corrected chi connectivity index (χ0v) is 16.1. The fourth-order valence-corrected chi connectivity index (χ4v) is 5.40. The highest BCUT2D eigenvalue weighted by atomic mass is 32.2. The topological polar surface area (TPSA) is 87.7 Å². The normalized spacial score (nSPS) is 23.3. The van der Waals surface area contributed by atoms with E-state index >= 15 is 0 Å². The zero-order chi connectivity index (χ0) is 19.0. The summed E-state index contributed by atoms with van der Waals surface area (Å²) in [5.74, 6) is 0.631. The maximum absolute atomic E-state index is 12.3. The molecule has 3 amide bonds. The average Bonchev–Trinajstić information content (AvgIpc) is 3.31. The lowest BCUT2D eigenvalue weighted by molar-refractivity contribution is -0.136. The van der Waals surface area contributed by atoms with Gasteiger partial charge in [0.2, 0.25) is 5.91 Å². The molecule has 0 saturated carbocycles. The van der Waals surface area contributed by atoms with Crippen molar-refractivity contribution in [3.63, 3.8) is 0 Å². The van der Waals surface area contributed by atoms with Crippen molar-refractivity contribution in [2.75, 3.05) is 41.9 Å². The van der Waals surface area contributed by atoms with E-state index in [4.69, 9.17) is 4.74 Å². The number of ether oxygens (including phenoxy) is 1. The van der Waals surface area contributed by atoms with Crippen molar-refractivity contribution >= 4 is 40.9 Å². The standard InChI is InChI=1S/C19H23N3O4S/c1-26-19(5-7-27-11-19)10-20-17(24)18(25)21-14-8-12-2-3-15(23)22-6-4-13(9-14)16(12)22/h8-9H,2-7,10-11H2,1H3,(H,20,24)(H,21,25). The van der Waals surface area contributed by atoms with E-state index in [-0.39, 0.29) is 11.5 Å². The first-order valence-corrected chi connectivity index (χ1v) is 10.3. The number of hydrogen-bond donors (Lipinski definition) is 2. The van der Waals surface area contributed by atoms with Gasteiger partial charge in [-0.3, -0.25) is 14.4 Å². The van der Waals surface area contributed by atoms with Crippen LogP contribution in [0.5, 0.6) is 0 Å². The number of carbonyl (C=O) groups is 3. The Morgan fingerprint density at radius 2 is 2.00 bits per heavy atom. The van der Waals surface area contributed by atoms with Gasteiger partial charge in [-0.2, -0.15) is 11.8 Å². The van der Waals surface area contributed by atoms with E-state index in [1.165, 1.54) is 0 Å². The quantitative estimate of drug-likeness (QED) is 0.753. The van der Waals surface area contributed by atoms with Crippen LogP contribution in [0.1, 0.15) is 24.0 Å². The van der Waals surface area contributed by atoms with Gasteiger partial charge in [0.1, 0.15) is 0 Å². The first-order valence-electron chi connectivity index (χ1n) is 9.20. The van der Waals surface area contributed by atoms with E-state index in [1.807, 2.05) is 17.0 Å². The van der Waals surface area contributed by atoms with Gasteiger partial charge in [0, 0.05) is 38.1 Å². The summed E-state index contributed by atoms with van der Waals surface area (Å²) in [5.41, 5.74) is 3.33. The molecule has 1 unspecified atom stereocenters. The molecule has 0 spiro atoms. The van der Waals surface area contributed by atoms with Crippen LogP contribution >= 0.6 is 11.8 Å². The second-order valence-electron chi connectivity index (χ2n) is 7.27.